The fourth-order valence-electron chi connectivity index (χ4n) is 5.14. The highest BCUT2D eigenvalue weighted by Gasteiger charge is 2.53. The van der Waals surface area contributed by atoms with Crippen molar-refractivity contribution >= 4 is 46.3 Å². The van der Waals surface area contributed by atoms with Crippen LogP contribution in [0.25, 0.3) is 22.3 Å². The van der Waals surface area contributed by atoms with Gasteiger partial charge in [0, 0.05) is 6.54 Å². The first-order chi connectivity index (χ1) is 20.5. The first-order valence-electron chi connectivity index (χ1n) is 12.5. The van der Waals surface area contributed by atoms with E-state index in [0.29, 0.717) is 5.52 Å². The van der Waals surface area contributed by atoms with Crippen LogP contribution >= 0.6 is 7.82 Å². The van der Waals surface area contributed by atoms with Gasteiger partial charge in [0.2, 0.25) is 0 Å². The molecule has 4 aromatic rings. The molecule has 7 heterocycles. The lowest BCUT2D eigenvalue weighted by atomic mass is 10.1. The van der Waals surface area contributed by atoms with Crippen molar-refractivity contribution in [2.45, 2.75) is 49.1 Å². The molecule has 9 unspecified atom stereocenters. The van der Waals surface area contributed by atoms with E-state index in [1.807, 2.05) is 0 Å². The number of phosphoric acid groups is 1. The van der Waals surface area contributed by atoms with E-state index in [4.69, 9.17) is 28.4 Å². The molecule has 230 valence electrons. The van der Waals surface area contributed by atoms with Crippen molar-refractivity contribution in [2.24, 2.45) is 0 Å². The number of nitrogens with two attached hydrogens (primary N) is 1. The molecule has 0 aromatic carbocycles. The van der Waals surface area contributed by atoms with Gasteiger partial charge in [0.1, 0.15) is 48.1 Å². The maximum Gasteiger partial charge on any atom is 0.472 e. The Bertz CT molecular complexity index is 1850. The smallest absolute Gasteiger partial charge is 0.387 e. The number of rotatable bonds is 2. The Morgan fingerprint density at radius 2 is 1.77 bits per heavy atom. The monoisotopic (exact) mass is 644 g/mol. The molecule has 0 aliphatic carbocycles. The van der Waals surface area contributed by atoms with Crippen LogP contribution in [0.1, 0.15) is 12.5 Å². The Kier molecular flexibility index (Phi) is 6.88. The van der Waals surface area contributed by atoms with Crippen LogP contribution in [-0.2, 0) is 37.6 Å². The van der Waals surface area contributed by atoms with Crippen molar-refractivity contribution in [3.63, 3.8) is 0 Å². The van der Waals surface area contributed by atoms with Crippen LogP contribution < -0.4 is 10.5 Å². The number of anilines is 1. The van der Waals surface area contributed by atoms with Crippen molar-refractivity contribution < 1.29 is 50.1 Å². The van der Waals surface area contributed by atoms with Gasteiger partial charge >= 0.3 is 18.1 Å². The minimum atomic E-state index is -5.07. The summed E-state index contributed by atoms with van der Waals surface area (Å²) in [6.07, 6.45) is -6.83. The van der Waals surface area contributed by atoms with Gasteiger partial charge in [-0.15, -0.1) is 0 Å². The molecule has 20 nitrogen and oxygen atoms in total. The molecule has 0 amide bonds. The van der Waals surface area contributed by atoms with E-state index in [0.717, 1.165) is 6.33 Å². The molecule has 2 bridgehead atoms. The second-order valence-electron chi connectivity index (χ2n) is 9.73. The van der Waals surface area contributed by atoms with Crippen LogP contribution in [0, 0.1) is 0 Å². The highest BCUT2D eigenvalue weighted by Crippen LogP contribution is 2.50. The van der Waals surface area contributed by atoms with E-state index in [9.17, 15) is 23.0 Å². The topological polar surface area (TPSA) is 263 Å². The summed E-state index contributed by atoms with van der Waals surface area (Å²) < 4.78 is 86.7. The van der Waals surface area contributed by atoms with Crippen molar-refractivity contribution in [1.29, 1.82) is 0 Å². The van der Waals surface area contributed by atoms with Crippen LogP contribution in [0.2, 0.25) is 0 Å². The molecule has 3 aliphatic rings. The largest absolute Gasteiger partial charge is 0.472 e. The summed E-state index contributed by atoms with van der Waals surface area (Å²) in [5, 5.41) is 10.9. The molecule has 7 rings (SSSR count). The number of phosphoric ester groups is 1. The zero-order chi connectivity index (χ0) is 30.1. The zero-order valence-electron chi connectivity index (χ0n) is 21.5. The number of aliphatic hydroxyl groups excluding tert-OH is 1. The third kappa shape index (κ3) is 5.04. The SMILES string of the molecule is Nc1ncnc2c1ncn2C1OC2CNS(=O)(=O)OC3C(O)C(COP(=O)(O)OC2C1F)OC3n1cnc2cncnc21. The van der Waals surface area contributed by atoms with Crippen molar-refractivity contribution in [3.8, 4) is 0 Å². The van der Waals surface area contributed by atoms with Gasteiger partial charge in [0.15, 0.2) is 41.8 Å². The molecule has 3 saturated heterocycles. The molecule has 0 spiro atoms. The fourth-order valence-corrected chi connectivity index (χ4v) is 7.03. The molecule has 3 fully saturated rings. The Hall–Kier alpha value is -3.31. The normalized spacial score (nSPS) is 36.6. The summed E-state index contributed by atoms with van der Waals surface area (Å²) in [4.78, 5) is 34.5. The van der Waals surface area contributed by atoms with E-state index in [-0.39, 0.29) is 22.6 Å². The van der Waals surface area contributed by atoms with E-state index in [1.54, 1.807) is 0 Å². The average Bonchev–Trinajstić information content (AvgIpc) is 3.72. The van der Waals surface area contributed by atoms with Crippen LogP contribution in [-0.4, -0.2) is 107 Å². The molecule has 23 heteroatoms. The standard InChI is InChI=1S/C20H22FN10O10PS/c21-11-14-9(38-19(11)31-7-28-12-16(22)24-5-26-18(12)31)2-29-43(35,36)41-15-13(32)10(3-37-42(33,34)40-14)39-20(15)30-6-27-8-1-23-4-25-17(8)30/h1,4-7,9-11,13-15,19-20,29,32H,2-3H2,(H,33,34)(H2,22,24,26). The summed E-state index contributed by atoms with van der Waals surface area (Å²) >= 11 is 0. The van der Waals surface area contributed by atoms with Gasteiger partial charge < -0.3 is 25.2 Å². The number of nitrogens with zero attached hydrogens (tertiary/aromatic N) is 8. The third-order valence-corrected chi connectivity index (χ3v) is 9.09. The maximum atomic E-state index is 15.9. The molecular weight excluding hydrogens is 622 g/mol. The molecule has 4 aromatic heterocycles. The molecule has 5 N–H and O–H groups in total. The van der Waals surface area contributed by atoms with Crippen molar-refractivity contribution in [2.75, 3.05) is 18.9 Å². The molecule has 0 radical (unpaired) electrons. The third-order valence-electron chi connectivity index (χ3n) is 7.11. The minimum absolute atomic E-state index is 0.0163. The molecular formula is C20H22FN10O10PS. The maximum absolute atomic E-state index is 15.9. The quantitative estimate of drug-likeness (QED) is 0.180. The van der Waals surface area contributed by atoms with Gasteiger partial charge in [-0.1, -0.05) is 0 Å². The lowest BCUT2D eigenvalue weighted by Gasteiger charge is -2.24. The fraction of sp³-hybridized carbons (Fsp3) is 0.500. The molecule has 0 saturated carbocycles. The van der Waals surface area contributed by atoms with Gasteiger partial charge in [0.25, 0.3) is 0 Å². The number of imidazole rings is 2. The van der Waals surface area contributed by atoms with E-state index in [2.05, 4.69) is 34.6 Å². The van der Waals surface area contributed by atoms with Gasteiger partial charge in [-0.2, -0.15) is 13.1 Å². The summed E-state index contributed by atoms with van der Waals surface area (Å²) in [6, 6.07) is 0. The lowest BCUT2D eigenvalue weighted by Crippen LogP contribution is -2.43. The number of fused-ring (bicyclic) bond motifs is 5. The second kappa shape index (κ2) is 10.4. The summed E-state index contributed by atoms with van der Waals surface area (Å²) in [6.45, 7) is -1.46. The van der Waals surface area contributed by atoms with Crippen LogP contribution in [0.4, 0.5) is 10.2 Å². The molecule has 9 atom stereocenters. The second-order valence-corrected chi connectivity index (χ2v) is 12.5. The van der Waals surface area contributed by atoms with Crippen molar-refractivity contribution in [1.82, 2.24) is 43.8 Å². The van der Waals surface area contributed by atoms with Gasteiger partial charge in [-0.3, -0.25) is 18.2 Å². The number of halogens is 1. The molecule has 43 heavy (non-hydrogen) atoms. The number of aliphatic hydroxyl groups is 1. The Morgan fingerprint density at radius 1 is 1.02 bits per heavy atom. The summed E-state index contributed by atoms with van der Waals surface area (Å²) in [5.41, 5.74) is 6.61. The minimum Gasteiger partial charge on any atom is -0.387 e. The predicted molar refractivity (Wildman–Crippen MR) is 136 cm³/mol. The van der Waals surface area contributed by atoms with Gasteiger partial charge in [-0.05, 0) is 0 Å². The van der Waals surface area contributed by atoms with Gasteiger partial charge in [-0.25, -0.2) is 43.0 Å². The predicted octanol–water partition coefficient (Wildman–Crippen LogP) is -1.52. The van der Waals surface area contributed by atoms with Crippen LogP contribution in [0.3, 0.4) is 0 Å². The number of nitrogen functional groups attached to an aromatic ring is 1. The lowest BCUT2D eigenvalue weighted by molar-refractivity contribution is -0.0536. The summed E-state index contributed by atoms with van der Waals surface area (Å²) in [5.74, 6) is 0.0163. The van der Waals surface area contributed by atoms with E-state index in [1.165, 1.54) is 34.3 Å². The summed E-state index contributed by atoms with van der Waals surface area (Å²) in [7, 11) is -9.77. The average molecular weight is 644 g/mol. The molecule has 3 aliphatic heterocycles. The Balaban J connectivity index is 1.20. The Labute approximate surface area is 239 Å². The number of aromatic nitrogens is 8. The van der Waals surface area contributed by atoms with Gasteiger partial charge in [0.05, 0.1) is 25.5 Å². The van der Waals surface area contributed by atoms with E-state index >= 15 is 4.39 Å². The number of alkyl halides is 1. The zero-order valence-corrected chi connectivity index (χ0v) is 23.2. The number of hydrogen-bond acceptors (Lipinski definition) is 16. The highest BCUT2D eigenvalue weighted by atomic mass is 32.2. The van der Waals surface area contributed by atoms with Crippen LogP contribution in [0.15, 0.2) is 31.5 Å². The highest BCUT2D eigenvalue weighted by molar-refractivity contribution is 7.84. The first-order valence-corrected chi connectivity index (χ1v) is 15.4. The van der Waals surface area contributed by atoms with Crippen molar-refractivity contribution in [3.05, 3.63) is 31.5 Å². The number of nitrogens with one attached hydrogen (secondary N) is 1. The number of ether oxygens (including phenoxy) is 2. The number of hydrogen-bond donors (Lipinski definition) is 4. The Morgan fingerprint density at radius 3 is 2.60 bits per heavy atom. The van der Waals surface area contributed by atoms with Crippen LogP contribution in [0.5, 0.6) is 0 Å². The van der Waals surface area contributed by atoms with E-state index < -0.39 is 80.4 Å². The first kappa shape index (κ1) is 28.5.